The molecular weight excluding hydrogens is 224 g/mol. The van der Waals surface area contributed by atoms with Crippen molar-refractivity contribution in [2.45, 2.75) is 25.3 Å². The van der Waals surface area contributed by atoms with Crippen LogP contribution in [0.5, 0.6) is 0 Å². The molecule has 3 nitrogen and oxygen atoms in total. The summed E-state index contributed by atoms with van der Waals surface area (Å²) in [6.45, 7) is 4.05. The van der Waals surface area contributed by atoms with Crippen molar-refractivity contribution < 1.29 is 4.79 Å². The lowest BCUT2D eigenvalue weighted by molar-refractivity contribution is 0.0372. The molecule has 0 spiro atoms. The molecule has 2 fully saturated rings. The lowest BCUT2D eigenvalue weighted by atomic mass is 9.99. The number of piperazine rings is 1. The van der Waals surface area contributed by atoms with Crippen molar-refractivity contribution >= 4 is 5.91 Å². The van der Waals surface area contributed by atoms with Gasteiger partial charge in [-0.05, 0) is 31.5 Å². The minimum atomic E-state index is 0.195. The molecule has 1 aromatic rings. The highest BCUT2D eigenvalue weighted by atomic mass is 16.2. The van der Waals surface area contributed by atoms with Gasteiger partial charge in [-0.2, -0.15) is 0 Å². The van der Waals surface area contributed by atoms with Crippen LogP contribution in [0, 0.1) is 0 Å². The molecule has 2 heterocycles. The predicted molar refractivity (Wildman–Crippen MR) is 71.6 cm³/mol. The van der Waals surface area contributed by atoms with E-state index in [4.69, 9.17) is 0 Å². The van der Waals surface area contributed by atoms with Crippen molar-refractivity contribution in [1.82, 2.24) is 9.80 Å². The number of carbonyl (C=O) groups excluding carboxylic acids is 1. The highest BCUT2D eigenvalue weighted by molar-refractivity contribution is 5.94. The number of piperidine rings is 1. The Morgan fingerprint density at radius 1 is 1.06 bits per heavy atom. The first-order chi connectivity index (χ1) is 8.84. The van der Waals surface area contributed by atoms with Crippen molar-refractivity contribution in [3.63, 3.8) is 0 Å². The molecular formula is C15H20N2O. The van der Waals surface area contributed by atoms with E-state index in [0.29, 0.717) is 6.04 Å². The van der Waals surface area contributed by atoms with Crippen LogP contribution in [0.25, 0.3) is 0 Å². The zero-order valence-corrected chi connectivity index (χ0v) is 10.7. The highest BCUT2D eigenvalue weighted by Gasteiger charge is 2.31. The summed E-state index contributed by atoms with van der Waals surface area (Å²) < 4.78 is 0. The van der Waals surface area contributed by atoms with Gasteiger partial charge in [0.15, 0.2) is 0 Å². The van der Waals surface area contributed by atoms with Crippen LogP contribution in [0.1, 0.15) is 29.6 Å². The van der Waals surface area contributed by atoms with Crippen LogP contribution < -0.4 is 0 Å². The smallest absolute Gasteiger partial charge is 0.253 e. The monoisotopic (exact) mass is 244 g/mol. The first-order valence-electron chi connectivity index (χ1n) is 6.93. The van der Waals surface area contributed by atoms with E-state index in [0.717, 1.165) is 25.2 Å². The highest BCUT2D eigenvalue weighted by Crippen LogP contribution is 2.22. The molecule has 1 atom stereocenters. The number of rotatable bonds is 1. The summed E-state index contributed by atoms with van der Waals surface area (Å²) >= 11 is 0. The third-order valence-electron chi connectivity index (χ3n) is 4.15. The first kappa shape index (κ1) is 11.7. The average molecular weight is 244 g/mol. The molecule has 18 heavy (non-hydrogen) atoms. The molecule has 0 N–H and O–H groups in total. The molecule has 0 aromatic heterocycles. The Morgan fingerprint density at radius 3 is 2.72 bits per heavy atom. The minimum absolute atomic E-state index is 0.195. The fraction of sp³-hybridized carbons (Fsp3) is 0.533. The number of carbonyl (C=O) groups is 1. The van der Waals surface area contributed by atoms with Crippen LogP contribution in [0.2, 0.25) is 0 Å². The molecule has 96 valence electrons. The number of nitrogens with zero attached hydrogens (tertiary/aromatic N) is 2. The van der Waals surface area contributed by atoms with Gasteiger partial charge in [-0.1, -0.05) is 24.6 Å². The van der Waals surface area contributed by atoms with E-state index in [1.165, 1.54) is 25.8 Å². The number of hydrogen-bond acceptors (Lipinski definition) is 2. The fourth-order valence-electron chi connectivity index (χ4n) is 3.10. The summed E-state index contributed by atoms with van der Waals surface area (Å²) in [6.07, 6.45) is 3.89. The molecule has 1 amide bonds. The quantitative estimate of drug-likeness (QED) is 0.754. The summed E-state index contributed by atoms with van der Waals surface area (Å²) in [4.78, 5) is 17.0. The average Bonchev–Trinajstić information content (AvgIpc) is 2.47. The summed E-state index contributed by atoms with van der Waals surface area (Å²) in [7, 11) is 0. The Morgan fingerprint density at radius 2 is 1.89 bits per heavy atom. The van der Waals surface area contributed by atoms with E-state index in [2.05, 4.69) is 4.90 Å². The van der Waals surface area contributed by atoms with E-state index in [1.807, 2.05) is 35.2 Å². The molecule has 1 aromatic carbocycles. The molecule has 2 saturated heterocycles. The molecule has 0 saturated carbocycles. The van der Waals surface area contributed by atoms with E-state index in [-0.39, 0.29) is 5.91 Å². The maximum atomic E-state index is 12.4. The summed E-state index contributed by atoms with van der Waals surface area (Å²) in [5, 5.41) is 0. The number of benzene rings is 1. The Bertz CT molecular complexity index is 418. The summed E-state index contributed by atoms with van der Waals surface area (Å²) in [5.74, 6) is 0.195. The number of amides is 1. The van der Waals surface area contributed by atoms with Gasteiger partial charge in [0, 0.05) is 31.2 Å². The van der Waals surface area contributed by atoms with E-state index in [9.17, 15) is 4.79 Å². The van der Waals surface area contributed by atoms with Crippen LogP contribution in [0.3, 0.4) is 0 Å². The molecule has 0 bridgehead atoms. The standard InChI is InChI=1S/C15H20N2O/c18-15(13-6-2-1-3-7-13)17-11-10-16-9-5-4-8-14(16)12-17/h1-3,6-7,14H,4-5,8-12H2. The molecule has 2 aliphatic rings. The molecule has 0 radical (unpaired) electrons. The molecule has 1 unspecified atom stereocenters. The van der Waals surface area contributed by atoms with Gasteiger partial charge in [0.25, 0.3) is 5.91 Å². The Balaban J connectivity index is 1.69. The van der Waals surface area contributed by atoms with Gasteiger partial charge in [-0.25, -0.2) is 0 Å². The Labute approximate surface area is 108 Å². The molecule has 0 aliphatic carbocycles. The van der Waals surface area contributed by atoms with Crippen molar-refractivity contribution in [1.29, 1.82) is 0 Å². The lowest BCUT2D eigenvalue weighted by Gasteiger charge is -2.44. The molecule has 3 heteroatoms. The Kier molecular flexibility index (Phi) is 3.33. The van der Waals surface area contributed by atoms with Gasteiger partial charge < -0.3 is 4.90 Å². The predicted octanol–water partition coefficient (Wildman–Crippen LogP) is 2.00. The van der Waals surface area contributed by atoms with Gasteiger partial charge in [-0.3, -0.25) is 9.69 Å². The minimum Gasteiger partial charge on any atom is -0.336 e. The van der Waals surface area contributed by atoms with Crippen LogP contribution in [0.4, 0.5) is 0 Å². The summed E-state index contributed by atoms with van der Waals surface area (Å²) in [5.41, 5.74) is 0.821. The normalized spacial score (nSPS) is 24.7. The fourth-order valence-corrected chi connectivity index (χ4v) is 3.10. The second-order valence-electron chi connectivity index (χ2n) is 5.30. The van der Waals surface area contributed by atoms with Crippen molar-refractivity contribution in [2.75, 3.05) is 26.2 Å². The third-order valence-corrected chi connectivity index (χ3v) is 4.15. The van der Waals surface area contributed by atoms with Gasteiger partial charge >= 0.3 is 0 Å². The van der Waals surface area contributed by atoms with Crippen LogP contribution in [-0.4, -0.2) is 47.9 Å². The van der Waals surface area contributed by atoms with Gasteiger partial charge in [0.2, 0.25) is 0 Å². The largest absolute Gasteiger partial charge is 0.336 e. The topological polar surface area (TPSA) is 23.6 Å². The maximum Gasteiger partial charge on any atom is 0.253 e. The second kappa shape index (κ2) is 5.11. The van der Waals surface area contributed by atoms with Crippen LogP contribution >= 0.6 is 0 Å². The molecule has 3 rings (SSSR count). The van der Waals surface area contributed by atoms with Crippen molar-refractivity contribution in [3.05, 3.63) is 35.9 Å². The van der Waals surface area contributed by atoms with Gasteiger partial charge in [0.05, 0.1) is 0 Å². The second-order valence-corrected chi connectivity index (χ2v) is 5.30. The van der Waals surface area contributed by atoms with Gasteiger partial charge in [0.1, 0.15) is 0 Å². The lowest BCUT2D eigenvalue weighted by Crippen LogP contribution is -2.56. The Hall–Kier alpha value is -1.35. The third kappa shape index (κ3) is 2.27. The number of fused-ring (bicyclic) bond motifs is 1. The summed E-state index contributed by atoms with van der Waals surface area (Å²) in [6, 6.07) is 10.2. The van der Waals surface area contributed by atoms with E-state index >= 15 is 0 Å². The zero-order chi connectivity index (χ0) is 12.4. The van der Waals surface area contributed by atoms with Crippen molar-refractivity contribution in [2.24, 2.45) is 0 Å². The SMILES string of the molecule is O=C(c1ccccc1)N1CCN2CCCCC2C1. The van der Waals surface area contributed by atoms with Crippen molar-refractivity contribution in [3.8, 4) is 0 Å². The van der Waals surface area contributed by atoms with Crippen LogP contribution in [0.15, 0.2) is 30.3 Å². The molecule has 2 aliphatic heterocycles. The van der Waals surface area contributed by atoms with E-state index in [1.54, 1.807) is 0 Å². The number of hydrogen-bond donors (Lipinski definition) is 0. The zero-order valence-electron chi connectivity index (χ0n) is 10.7. The van der Waals surface area contributed by atoms with Gasteiger partial charge in [-0.15, -0.1) is 0 Å². The maximum absolute atomic E-state index is 12.4. The van der Waals surface area contributed by atoms with E-state index < -0.39 is 0 Å². The first-order valence-corrected chi connectivity index (χ1v) is 6.93. The van der Waals surface area contributed by atoms with Crippen LogP contribution in [-0.2, 0) is 0 Å².